The molecule has 1 heterocycles. The Bertz CT molecular complexity index is 381. The van der Waals surface area contributed by atoms with Crippen molar-refractivity contribution in [2.45, 2.75) is 32.4 Å². The topological polar surface area (TPSA) is 24.5 Å². The van der Waals surface area contributed by atoms with E-state index in [0.717, 1.165) is 31.9 Å². The zero-order chi connectivity index (χ0) is 13.0. The van der Waals surface area contributed by atoms with Crippen LogP contribution < -0.4 is 10.1 Å². The van der Waals surface area contributed by atoms with E-state index in [0.29, 0.717) is 12.1 Å². The second-order valence-corrected chi connectivity index (χ2v) is 4.92. The summed E-state index contributed by atoms with van der Waals surface area (Å²) >= 11 is 0. The summed E-state index contributed by atoms with van der Waals surface area (Å²) in [6, 6.07) is 9.17. The van der Waals surface area contributed by atoms with Gasteiger partial charge in [-0.2, -0.15) is 0 Å². The average Bonchev–Trinajstić information content (AvgIpc) is 2.43. The van der Waals surface area contributed by atoms with Gasteiger partial charge >= 0.3 is 0 Å². The van der Waals surface area contributed by atoms with Crippen LogP contribution in [0.2, 0.25) is 0 Å². The van der Waals surface area contributed by atoms with E-state index in [9.17, 15) is 0 Å². The summed E-state index contributed by atoms with van der Waals surface area (Å²) in [6.07, 6.45) is 1.15. The maximum atomic E-state index is 5.89. The molecule has 2 rings (SSSR count). The molecule has 2 atom stereocenters. The van der Waals surface area contributed by atoms with Gasteiger partial charge < -0.3 is 10.1 Å². The molecule has 18 heavy (non-hydrogen) atoms. The van der Waals surface area contributed by atoms with E-state index in [-0.39, 0.29) is 0 Å². The highest BCUT2D eigenvalue weighted by Crippen LogP contribution is 2.33. The molecule has 0 fully saturated rings. The second kappa shape index (κ2) is 6.21. The number of fused-ring (bicyclic) bond motifs is 1. The highest BCUT2D eigenvalue weighted by molar-refractivity contribution is 5.38. The number of nitrogens with one attached hydrogen (secondary N) is 1. The summed E-state index contributed by atoms with van der Waals surface area (Å²) in [5.41, 5.74) is 1.29. The largest absolute Gasteiger partial charge is 0.492 e. The maximum Gasteiger partial charge on any atom is 0.124 e. The molecule has 1 aromatic rings. The highest BCUT2D eigenvalue weighted by Gasteiger charge is 2.32. The number of rotatable bonds is 5. The first-order chi connectivity index (χ1) is 8.77. The smallest absolute Gasteiger partial charge is 0.124 e. The van der Waals surface area contributed by atoms with E-state index >= 15 is 0 Å². The third kappa shape index (κ3) is 2.68. The van der Waals surface area contributed by atoms with Crippen molar-refractivity contribution in [3.05, 3.63) is 29.8 Å². The van der Waals surface area contributed by atoms with Crippen molar-refractivity contribution in [2.75, 3.05) is 26.7 Å². The second-order valence-electron chi connectivity index (χ2n) is 4.92. The number of para-hydroxylation sites is 1. The van der Waals surface area contributed by atoms with Crippen molar-refractivity contribution in [2.24, 2.45) is 0 Å². The highest BCUT2D eigenvalue weighted by atomic mass is 16.5. The van der Waals surface area contributed by atoms with Crippen LogP contribution in [0.5, 0.6) is 5.75 Å². The van der Waals surface area contributed by atoms with E-state index in [1.807, 2.05) is 6.07 Å². The van der Waals surface area contributed by atoms with Gasteiger partial charge in [-0.25, -0.2) is 0 Å². The third-order valence-corrected chi connectivity index (χ3v) is 3.73. The standard InChI is InChI=1S/C15H24N2O/c1-4-10-16-15-12-8-6-7-9-14(12)18-11-13(15)17(3)5-2/h6-9,13,15-16H,4-5,10-11H2,1-3H3. The molecule has 1 N–H and O–H groups in total. The summed E-state index contributed by atoms with van der Waals surface area (Å²) in [5, 5.41) is 3.67. The van der Waals surface area contributed by atoms with Crippen LogP contribution in [0.4, 0.5) is 0 Å². The first kappa shape index (κ1) is 13.4. The minimum absolute atomic E-state index is 0.375. The van der Waals surface area contributed by atoms with Crippen LogP contribution >= 0.6 is 0 Å². The first-order valence-corrected chi connectivity index (χ1v) is 6.93. The zero-order valence-corrected chi connectivity index (χ0v) is 11.6. The van der Waals surface area contributed by atoms with Crippen molar-refractivity contribution in [3.63, 3.8) is 0 Å². The van der Waals surface area contributed by atoms with E-state index in [1.54, 1.807) is 0 Å². The van der Waals surface area contributed by atoms with E-state index in [4.69, 9.17) is 4.74 Å². The van der Waals surface area contributed by atoms with Crippen LogP contribution in [0.3, 0.4) is 0 Å². The summed E-state index contributed by atoms with van der Waals surface area (Å²) in [6.45, 7) is 7.25. The van der Waals surface area contributed by atoms with Gasteiger partial charge in [0.2, 0.25) is 0 Å². The monoisotopic (exact) mass is 248 g/mol. The Labute approximate surface area is 110 Å². The number of ether oxygens (including phenoxy) is 1. The maximum absolute atomic E-state index is 5.89. The minimum atomic E-state index is 0.375. The average molecular weight is 248 g/mol. The molecule has 1 aliphatic heterocycles. The first-order valence-electron chi connectivity index (χ1n) is 6.93. The summed E-state index contributed by atoms with van der Waals surface area (Å²) in [5.74, 6) is 1.03. The molecular weight excluding hydrogens is 224 g/mol. The van der Waals surface area contributed by atoms with Crippen molar-refractivity contribution in [1.82, 2.24) is 10.2 Å². The SMILES string of the molecule is CCCNC1c2ccccc2OCC1N(C)CC. The predicted octanol–water partition coefficient (Wildman–Crippen LogP) is 2.44. The Kier molecular flexibility index (Phi) is 4.61. The molecule has 3 heteroatoms. The quantitative estimate of drug-likeness (QED) is 0.866. The fourth-order valence-electron chi connectivity index (χ4n) is 2.51. The van der Waals surface area contributed by atoms with Crippen molar-refractivity contribution in [3.8, 4) is 5.75 Å². The molecule has 0 saturated carbocycles. The van der Waals surface area contributed by atoms with Crippen LogP contribution in [0.25, 0.3) is 0 Å². The lowest BCUT2D eigenvalue weighted by molar-refractivity contribution is 0.110. The molecule has 0 aliphatic carbocycles. The van der Waals surface area contributed by atoms with Gasteiger partial charge in [-0.15, -0.1) is 0 Å². The van der Waals surface area contributed by atoms with Gasteiger partial charge in [-0.1, -0.05) is 32.0 Å². The predicted molar refractivity (Wildman–Crippen MR) is 75.1 cm³/mol. The Balaban J connectivity index is 2.24. The van der Waals surface area contributed by atoms with Crippen LogP contribution in [-0.2, 0) is 0 Å². The van der Waals surface area contributed by atoms with Crippen LogP contribution in [0, 0.1) is 0 Å². The van der Waals surface area contributed by atoms with Gasteiger partial charge in [-0.05, 0) is 32.6 Å². The number of benzene rings is 1. The van der Waals surface area contributed by atoms with Gasteiger partial charge in [0, 0.05) is 5.56 Å². The van der Waals surface area contributed by atoms with E-state index < -0.39 is 0 Å². The molecule has 100 valence electrons. The summed E-state index contributed by atoms with van der Waals surface area (Å²) in [4.78, 5) is 2.36. The van der Waals surface area contributed by atoms with E-state index in [1.165, 1.54) is 5.56 Å². The van der Waals surface area contributed by atoms with Crippen molar-refractivity contribution in [1.29, 1.82) is 0 Å². The van der Waals surface area contributed by atoms with Gasteiger partial charge in [0.1, 0.15) is 12.4 Å². The lowest BCUT2D eigenvalue weighted by Crippen LogP contribution is -2.48. The Hall–Kier alpha value is -1.06. The van der Waals surface area contributed by atoms with Crippen LogP contribution in [0.1, 0.15) is 31.9 Å². The molecule has 0 spiro atoms. The molecule has 1 aliphatic rings. The molecule has 0 bridgehead atoms. The van der Waals surface area contributed by atoms with Crippen LogP contribution in [0.15, 0.2) is 24.3 Å². The molecule has 1 aromatic carbocycles. The zero-order valence-electron chi connectivity index (χ0n) is 11.6. The molecule has 0 saturated heterocycles. The van der Waals surface area contributed by atoms with Gasteiger partial charge in [0.15, 0.2) is 0 Å². The number of hydrogen-bond acceptors (Lipinski definition) is 3. The molecule has 0 aromatic heterocycles. The molecule has 0 amide bonds. The molecule has 0 radical (unpaired) electrons. The van der Waals surface area contributed by atoms with Crippen molar-refractivity contribution < 1.29 is 4.74 Å². The third-order valence-electron chi connectivity index (χ3n) is 3.73. The Morgan fingerprint density at radius 3 is 2.83 bits per heavy atom. The lowest BCUT2D eigenvalue weighted by atomic mass is 9.95. The van der Waals surface area contributed by atoms with Crippen molar-refractivity contribution >= 4 is 0 Å². The minimum Gasteiger partial charge on any atom is -0.492 e. The fraction of sp³-hybridized carbons (Fsp3) is 0.600. The molecule has 3 nitrogen and oxygen atoms in total. The Morgan fingerprint density at radius 2 is 2.11 bits per heavy atom. The molecule has 2 unspecified atom stereocenters. The fourth-order valence-corrected chi connectivity index (χ4v) is 2.51. The van der Waals surface area contributed by atoms with Gasteiger partial charge in [-0.3, -0.25) is 4.90 Å². The normalized spacial score (nSPS) is 22.7. The summed E-state index contributed by atoms with van der Waals surface area (Å²) in [7, 11) is 2.17. The van der Waals surface area contributed by atoms with Crippen LogP contribution in [-0.4, -0.2) is 37.7 Å². The Morgan fingerprint density at radius 1 is 1.33 bits per heavy atom. The van der Waals surface area contributed by atoms with Gasteiger partial charge in [0.05, 0.1) is 12.1 Å². The number of hydrogen-bond donors (Lipinski definition) is 1. The lowest BCUT2D eigenvalue weighted by Gasteiger charge is -2.39. The number of nitrogens with zero attached hydrogens (tertiary/aromatic N) is 1. The molecular formula is C15H24N2O. The van der Waals surface area contributed by atoms with Gasteiger partial charge in [0.25, 0.3) is 0 Å². The summed E-state index contributed by atoms with van der Waals surface area (Å²) < 4.78 is 5.89. The van der Waals surface area contributed by atoms with E-state index in [2.05, 4.69) is 49.3 Å². The number of likely N-dealkylation sites (N-methyl/N-ethyl adjacent to an activating group) is 1.